The third-order valence-corrected chi connectivity index (χ3v) is 3.15. The molecule has 3 nitrogen and oxygen atoms in total. The second-order valence-corrected chi connectivity index (χ2v) is 5.48. The summed E-state index contributed by atoms with van der Waals surface area (Å²) >= 11 is 0. The monoisotopic (exact) mass is 255 g/mol. The molecule has 0 amide bonds. The first-order chi connectivity index (χ1) is 9.02. The zero-order valence-electron chi connectivity index (χ0n) is 11.1. The van der Waals surface area contributed by atoms with Crippen LogP contribution in [0.2, 0.25) is 0 Å². The average Bonchev–Trinajstić information content (AvgIpc) is 2.65. The van der Waals surface area contributed by atoms with Gasteiger partial charge in [0.2, 0.25) is 0 Å². The fraction of sp³-hybridized carbons (Fsp3) is 0.250. The number of benzene rings is 2. The highest BCUT2D eigenvalue weighted by Crippen LogP contribution is 2.37. The van der Waals surface area contributed by atoms with E-state index in [0.717, 1.165) is 29.4 Å². The minimum atomic E-state index is -0.123. The Morgan fingerprint density at radius 2 is 1.74 bits per heavy atom. The molecule has 2 aromatic carbocycles. The summed E-state index contributed by atoms with van der Waals surface area (Å²) in [7, 11) is 0. The SMILES string of the molecule is CC1(C)Cc2cc(Oc3ccc(N)cc3)ccc2O1. The van der Waals surface area contributed by atoms with Crippen molar-refractivity contribution >= 4 is 5.69 Å². The van der Waals surface area contributed by atoms with Gasteiger partial charge in [0.15, 0.2) is 0 Å². The van der Waals surface area contributed by atoms with Crippen LogP contribution in [0.15, 0.2) is 42.5 Å². The maximum Gasteiger partial charge on any atom is 0.127 e. The highest BCUT2D eigenvalue weighted by molar-refractivity contribution is 5.47. The van der Waals surface area contributed by atoms with E-state index in [9.17, 15) is 0 Å². The lowest BCUT2D eigenvalue weighted by Crippen LogP contribution is -2.24. The van der Waals surface area contributed by atoms with Crippen molar-refractivity contribution in [3.05, 3.63) is 48.0 Å². The highest BCUT2D eigenvalue weighted by atomic mass is 16.5. The molecular formula is C16H17NO2. The standard InChI is InChI=1S/C16H17NO2/c1-16(2)10-11-9-14(7-8-15(11)19-16)18-13-5-3-12(17)4-6-13/h3-9H,10,17H2,1-2H3. The fourth-order valence-electron chi connectivity index (χ4n) is 2.32. The molecule has 19 heavy (non-hydrogen) atoms. The van der Waals surface area contributed by atoms with E-state index >= 15 is 0 Å². The predicted molar refractivity (Wildman–Crippen MR) is 75.8 cm³/mol. The van der Waals surface area contributed by atoms with Crippen LogP contribution in [-0.4, -0.2) is 5.60 Å². The van der Waals surface area contributed by atoms with Gasteiger partial charge in [0.1, 0.15) is 22.8 Å². The van der Waals surface area contributed by atoms with Gasteiger partial charge in [-0.2, -0.15) is 0 Å². The van der Waals surface area contributed by atoms with E-state index in [2.05, 4.69) is 13.8 Å². The molecule has 0 saturated heterocycles. The van der Waals surface area contributed by atoms with Crippen molar-refractivity contribution in [1.29, 1.82) is 0 Å². The number of anilines is 1. The molecule has 0 aliphatic carbocycles. The van der Waals surface area contributed by atoms with Crippen molar-refractivity contribution in [3.63, 3.8) is 0 Å². The summed E-state index contributed by atoms with van der Waals surface area (Å²) in [5.41, 5.74) is 7.45. The van der Waals surface area contributed by atoms with Crippen molar-refractivity contribution in [1.82, 2.24) is 0 Å². The second-order valence-electron chi connectivity index (χ2n) is 5.48. The lowest BCUT2D eigenvalue weighted by atomic mass is 10.0. The topological polar surface area (TPSA) is 44.5 Å². The molecule has 0 spiro atoms. The first kappa shape index (κ1) is 11.9. The Kier molecular flexibility index (Phi) is 2.63. The molecule has 1 aliphatic rings. The summed E-state index contributed by atoms with van der Waals surface area (Å²) in [5, 5.41) is 0. The molecule has 0 unspecified atom stereocenters. The molecule has 3 rings (SSSR count). The van der Waals surface area contributed by atoms with Crippen molar-refractivity contribution in [2.75, 3.05) is 5.73 Å². The molecule has 2 N–H and O–H groups in total. The summed E-state index contributed by atoms with van der Waals surface area (Å²) in [4.78, 5) is 0. The van der Waals surface area contributed by atoms with E-state index in [1.807, 2.05) is 42.5 Å². The number of hydrogen-bond donors (Lipinski definition) is 1. The van der Waals surface area contributed by atoms with Gasteiger partial charge in [0.05, 0.1) is 0 Å². The Hall–Kier alpha value is -2.16. The summed E-state index contributed by atoms with van der Waals surface area (Å²) in [6, 6.07) is 13.3. The summed E-state index contributed by atoms with van der Waals surface area (Å²) in [6.45, 7) is 4.18. The smallest absolute Gasteiger partial charge is 0.127 e. The van der Waals surface area contributed by atoms with Crippen LogP contribution in [0.5, 0.6) is 17.2 Å². The van der Waals surface area contributed by atoms with Gasteiger partial charge < -0.3 is 15.2 Å². The van der Waals surface area contributed by atoms with Crippen LogP contribution in [0.4, 0.5) is 5.69 Å². The van der Waals surface area contributed by atoms with Gasteiger partial charge in [-0.15, -0.1) is 0 Å². The van der Waals surface area contributed by atoms with Crippen molar-refractivity contribution in [3.8, 4) is 17.2 Å². The second kappa shape index (κ2) is 4.19. The lowest BCUT2D eigenvalue weighted by molar-refractivity contribution is 0.138. The predicted octanol–water partition coefficient (Wildman–Crippen LogP) is 3.77. The third-order valence-electron chi connectivity index (χ3n) is 3.15. The number of hydrogen-bond acceptors (Lipinski definition) is 3. The molecule has 0 bridgehead atoms. The van der Waals surface area contributed by atoms with Crippen LogP contribution < -0.4 is 15.2 Å². The van der Waals surface area contributed by atoms with Gasteiger partial charge in [-0.25, -0.2) is 0 Å². The van der Waals surface area contributed by atoms with Gasteiger partial charge in [-0.3, -0.25) is 0 Å². The number of fused-ring (bicyclic) bond motifs is 1. The van der Waals surface area contributed by atoms with Crippen LogP contribution in [0, 0.1) is 0 Å². The molecule has 1 heterocycles. The lowest BCUT2D eigenvalue weighted by Gasteiger charge is -2.16. The molecule has 0 atom stereocenters. The number of ether oxygens (including phenoxy) is 2. The van der Waals surface area contributed by atoms with Crippen LogP contribution >= 0.6 is 0 Å². The van der Waals surface area contributed by atoms with Crippen molar-refractivity contribution in [2.24, 2.45) is 0 Å². The van der Waals surface area contributed by atoms with Crippen LogP contribution in [-0.2, 0) is 6.42 Å². The molecule has 98 valence electrons. The zero-order chi connectivity index (χ0) is 13.5. The Labute approximate surface area is 113 Å². The maximum atomic E-state index is 5.84. The van der Waals surface area contributed by atoms with Gasteiger partial charge in [0, 0.05) is 17.7 Å². The Balaban J connectivity index is 1.82. The summed E-state index contributed by atoms with van der Waals surface area (Å²) in [5.74, 6) is 2.56. The maximum absolute atomic E-state index is 5.84. The van der Waals surface area contributed by atoms with Gasteiger partial charge in [-0.05, 0) is 56.3 Å². The Morgan fingerprint density at radius 1 is 1.05 bits per heavy atom. The van der Waals surface area contributed by atoms with E-state index in [1.165, 1.54) is 5.56 Å². The molecule has 2 aromatic rings. The van der Waals surface area contributed by atoms with Crippen LogP contribution in [0.25, 0.3) is 0 Å². The fourth-order valence-corrected chi connectivity index (χ4v) is 2.32. The first-order valence-electron chi connectivity index (χ1n) is 6.37. The number of nitrogen functional groups attached to an aromatic ring is 1. The summed E-state index contributed by atoms with van der Waals surface area (Å²) in [6.07, 6.45) is 0.904. The minimum Gasteiger partial charge on any atom is -0.487 e. The average molecular weight is 255 g/mol. The van der Waals surface area contributed by atoms with Gasteiger partial charge >= 0.3 is 0 Å². The number of nitrogens with two attached hydrogens (primary N) is 1. The third kappa shape index (κ3) is 2.50. The first-order valence-corrected chi connectivity index (χ1v) is 6.37. The van der Waals surface area contributed by atoms with Gasteiger partial charge in [0.25, 0.3) is 0 Å². The highest BCUT2D eigenvalue weighted by Gasteiger charge is 2.30. The van der Waals surface area contributed by atoms with Crippen LogP contribution in [0.3, 0.4) is 0 Å². The molecule has 0 radical (unpaired) electrons. The molecule has 0 aromatic heterocycles. The minimum absolute atomic E-state index is 0.123. The van der Waals surface area contributed by atoms with E-state index in [4.69, 9.17) is 15.2 Å². The molecule has 0 fully saturated rings. The van der Waals surface area contributed by atoms with Crippen LogP contribution in [0.1, 0.15) is 19.4 Å². The molecule has 0 saturated carbocycles. The normalized spacial score (nSPS) is 15.7. The Morgan fingerprint density at radius 3 is 2.47 bits per heavy atom. The quantitative estimate of drug-likeness (QED) is 0.831. The van der Waals surface area contributed by atoms with E-state index < -0.39 is 0 Å². The largest absolute Gasteiger partial charge is 0.487 e. The Bertz CT molecular complexity index is 603. The van der Waals surface area contributed by atoms with E-state index in [0.29, 0.717) is 0 Å². The molecule has 1 aliphatic heterocycles. The van der Waals surface area contributed by atoms with Crippen molar-refractivity contribution in [2.45, 2.75) is 25.9 Å². The summed E-state index contributed by atoms with van der Waals surface area (Å²) < 4.78 is 11.7. The van der Waals surface area contributed by atoms with E-state index in [1.54, 1.807) is 0 Å². The van der Waals surface area contributed by atoms with E-state index in [-0.39, 0.29) is 5.60 Å². The zero-order valence-corrected chi connectivity index (χ0v) is 11.1. The van der Waals surface area contributed by atoms with Gasteiger partial charge in [-0.1, -0.05) is 0 Å². The molecule has 3 heteroatoms. The number of rotatable bonds is 2. The molecular weight excluding hydrogens is 238 g/mol. The van der Waals surface area contributed by atoms with Crippen molar-refractivity contribution < 1.29 is 9.47 Å².